The Morgan fingerprint density at radius 2 is 1.77 bits per heavy atom. The fraction of sp³-hybridized carbons (Fsp3) is 0.385. The molecule has 0 radical (unpaired) electrons. The van der Waals surface area contributed by atoms with Gasteiger partial charge in [0.2, 0.25) is 0 Å². The molecule has 0 nitrogen and oxygen atoms in total. The average molecular weight is 170 g/mol. The zero-order valence-electron chi connectivity index (χ0n) is 7.79. The Labute approximate surface area is 79.3 Å². The molecule has 0 heteroatoms. The Kier molecular flexibility index (Phi) is 1.40. The van der Waals surface area contributed by atoms with Gasteiger partial charge in [-0.2, -0.15) is 0 Å². The molecule has 1 aromatic rings. The van der Waals surface area contributed by atoms with E-state index in [4.69, 9.17) is 0 Å². The molecule has 0 N–H and O–H groups in total. The number of hydrogen-bond donors (Lipinski definition) is 0. The summed E-state index contributed by atoms with van der Waals surface area (Å²) in [5.74, 6) is 0. The number of benzene rings is 1. The van der Waals surface area contributed by atoms with Crippen molar-refractivity contribution in [3.63, 3.8) is 0 Å². The van der Waals surface area contributed by atoms with Crippen molar-refractivity contribution in [2.75, 3.05) is 0 Å². The van der Waals surface area contributed by atoms with Crippen LogP contribution in [0.25, 0.3) is 6.08 Å². The molecule has 0 aromatic heterocycles. The van der Waals surface area contributed by atoms with E-state index in [2.05, 4.69) is 36.4 Å². The molecule has 0 atom stereocenters. The van der Waals surface area contributed by atoms with Crippen LogP contribution in [0.4, 0.5) is 0 Å². The maximum absolute atomic E-state index is 2.44. The second kappa shape index (κ2) is 2.47. The van der Waals surface area contributed by atoms with Gasteiger partial charge in [0.15, 0.2) is 0 Å². The fourth-order valence-corrected chi connectivity index (χ4v) is 2.88. The first-order valence-electron chi connectivity index (χ1n) is 5.20. The predicted octanol–water partition coefficient (Wildman–Crippen LogP) is 3.53. The second-order valence-corrected chi connectivity index (χ2v) is 4.28. The molecule has 0 amide bonds. The Morgan fingerprint density at radius 3 is 2.62 bits per heavy atom. The van der Waals surface area contributed by atoms with Crippen LogP contribution in [-0.2, 0) is 5.41 Å². The molecule has 2 aliphatic rings. The average Bonchev–Trinajstić information content (AvgIpc) is 2.78. The molecule has 0 heterocycles. The molecule has 66 valence electrons. The first-order valence-corrected chi connectivity index (χ1v) is 5.20. The number of allylic oxidation sites excluding steroid dienone is 1. The molecular weight excluding hydrogens is 156 g/mol. The van der Waals surface area contributed by atoms with E-state index in [1.54, 1.807) is 5.56 Å². The highest BCUT2D eigenvalue weighted by Crippen LogP contribution is 2.47. The van der Waals surface area contributed by atoms with Crippen LogP contribution in [0.2, 0.25) is 0 Å². The number of fused-ring (bicyclic) bond motifs is 2. The lowest BCUT2D eigenvalue weighted by molar-refractivity contribution is 0.568. The van der Waals surface area contributed by atoms with E-state index in [9.17, 15) is 0 Å². The van der Waals surface area contributed by atoms with Gasteiger partial charge in [0.05, 0.1) is 0 Å². The Balaban J connectivity index is 2.16. The summed E-state index contributed by atoms with van der Waals surface area (Å²) in [6.45, 7) is 0. The lowest BCUT2D eigenvalue weighted by atomic mass is 9.81. The van der Waals surface area contributed by atoms with Crippen molar-refractivity contribution in [3.05, 3.63) is 41.5 Å². The lowest BCUT2D eigenvalue weighted by Gasteiger charge is -2.22. The highest BCUT2D eigenvalue weighted by molar-refractivity contribution is 5.65. The summed E-state index contributed by atoms with van der Waals surface area (Å²) in [6, 6.07) is 8.85. The standard InChI is InChI=1S/C13H14/c1-2-6-12-11(5-1)7-10-13(12)8-3-4-9-13/h1-2,5-7,10H,3-4,8-9H2. The van der Waals surface area contributed by atoms with Crippen LogP contribution >= 0.6 is 0 Å². The summed E-state index contributed by atoms with van der Waals surface area (Å²) in [4.78, 5) is 0. The normalized spacial score (nSPS) is 22.5. The molecule has 3 rings (SSSR count). The van der Waals surface area contributed by atoms with E-state index in [1.807, 2.05) is 0 Å². The molecule has 0 aliphatic heterocycles. The van der Waals surface area contributed by atoms with E-state index in [-0.39, 0.29) is 0 Å². The molecule has 0 saturated heterocycles. The van der Waals surface area contributed by atoms with Crippen molar-refractivity contribution < 1.29 is 0 Å². The molecule has 1 spiro atoms. The van der Waals surface area contributed by atoms with E-state index in [0.717, 1.165) is 0 Å². The van der Waals surface area contributed by atoms with E-state index >= 15 is 0 Å². The largest absolute Gasteiger partial charge is 0.0733 e. The number of rotatable bonds is 0. The van der Waals surface area contributed by atoms with Crippen LogP contribution in [-0.4, -0.2) is 0 Å². The Morgan fingerprint density at radius 1 is 1.00 bits per heavy atom. The minimum Gasteiger partial charge on any atom is -0.0733 e. The highest BCUT2D eigenvalue weighted by Gasteiger charge is 2.36. The third-order valence-electron chi connectivity index (χ3n) is 3.57. The summed E-state index contributed by atoms with van der Waals surface area (Å²) in [6.07, 6.45) is 10.3. The van der Waals surface area contributed by atoms with Gasteiger partial charge in [0, 0.05) is 5.41 Å². The van der Waals surface area contributed by atoms with Gasteiger partial charge >= 0.3 is 0 Å². The van der Waals surface area contributed by atoms with Crippen molar-refractivity contribution in [1.82, 2.24) is 0 Å². The van der Waals surface area contributed by atoms with Crippen LogP contribution < -0.4 is 0 Å². The molecule has 1 aromatic carbocycles. The van der Waals surface area contributed by atoms with Crippen LogP contribution in [0.5, 0.6) is 0 Å². The van der Waals surface area contributed by atoms with Gasteiger partial charge in [0.1, 0.15) is 0 Å². The first kappa shape index (κ1) is 7.37. The fourth-order valence-electron chi connectivity index (χ4n) is 2.88. The van der Waals surface area contributed by atoms with E-state index in [1.165, 1.54) is 31.2 Å². The van der Waals surface area contributed by atoms with Crippen molar-refractivity contribution in [2.45, 2.75) is 31.1 Å². The number of hydrogen-bond acceptors (Lipinski definition) is 0. The van der Waals surface area contributed by atoms with Gasteiger partial charge in [-0.25, -0.2) is 0 Å². The Hall–Kier alpha value is -1.04. The highest BCUT2D eigenvalue weighted by atomic mass is 14.4. The van der Waals surface area contributed by atoms with Crippen LogP contribution in [0.3, 0.4) is 0 Å². The maximum Gasteiger partial charge on any atom is 0.0141 e. The summed E-state index contributed by atoms with van der Waals surface area (Å²) in [7, 11) is 0. The van der Waals surface area contributed by atoms with Gasteiger partial charge in [-0.3, -0.25) is 0 Å². The molecule has 13 heavy (non-hydrogen) atoms. The van der Waals surface area contributed by atoms with E-state index < -0.39 is 0 Å². The lowest BCUT2D eigenvalue weighted by Crippen LogP contribution is -2.16. The summed E-state index contributed by atoms with van der Waals surface area (Å²) in [5.41, 5.74) is 3.47. The summed E-state index contributed by atoms with van der Waals surface area (Å²) >= 11 is 0. The quantitative estimate of drug-likeness (QED) is 0.558. The topological polar surface area (TPSA) is 0 Å². The van der Waals surface area contributed by atoms with Crippen LogP contribution in [0, 0.1) is 0 Å². The van der Waals surface area contributed by atoms with Crippen molar-refractivity contribution in [1.29, 1.82) is 0 Å². The van der Waals surface area contributed by atoms with Crippen LogP contribution in [0.1, 0.15) is 36.8 Å². The third kappa shape index (κ3) is 0.918. The predicted molar refractivity (Wildman–Crippen MR) is 55.6 cm³/mol. The van der Waals surface area contributed by atoms with Gasteiger partial charge in [-0.1, -0.05) is 49.3 Å². The summed E-state index contributed by atoms with van der Waals surface area (Å²) in [5, 5.41) is 0. The minimum atomic E-state index is 0.441. The maximum atomic E-state index is 2.44. The smallest absolute Gasteiger partial charge is 0.0141 e. The minimum absolute atomic E-state index is 0.441. The Bertz CT molecular complexity index is 354. The zero-order chi connectivity index (χ0) is 8.73. The molecule has 0 bridgehead atoms. The third-order valence-corrected chi connectivity index (χ3v) is 3.57. The SMILES string of the molecule is C1=CC2(CCCC2)c2ccccc21. The van der Waals surface area contributed by atoms with Crippen LogP contribution in [0.15, 0.2) is 30.3 Å². The van der Waals surface area contributed by atoms with Crippen molar-refractivity contribution in [2.24, 2.45) is 0 Å². The molecular formula is C13H14. The van der Waals surface area contributed by atoms with Crippen molar-refractivity contribution in [3.8, 4) is 0 Å². The van der Waals surface area contributed by atoms with Crippen molar-refractivity contribution >= 4 is 6.08 Å². The summed E-state index contributed by atoms with van der Waals surface area (Å²) < 4.78 is 0. The van der Waals surface area contributed by atoms with Gasteiger partial charge in [0.25, 0.3) is 0 Å². The molecule has 2 aliphatic carbocycles. The van der Waals surface area contributed by atoms with E-state index in [0.29, 0.717) is 5.41 Å². The molecule has 1 saturated carbocycles. The molecule has 1 fully saturated rings. The van der Waals surface area contributed by atoms with Gasteiger partial charge < -0.3 is 0 Å². The second-order valence-electron chi connectivity index (χ2n) is 4.28. The monoisotopic (exact) mass is 170 g/mol. The zero-order valence-corrected chi connectivity index (χ0v) is 7.79. The first-order chi connectivity index (χ1) is 6.41. The van der Waals surface area contributed by atoms with Gasteiger partial charge in [-0.15, -0.1) is 0 Å². The molecule has 0 unspecified atom stereocenters. The van der Waals surface area contributed by atoms with Gasteiger partial charge in [-0.05, 0) is 24.0 Å².